The summed E-state index contributed by atoms with van der Waals surface area (Å²) in [5.74, 6) is 0. The first-order chi connectivity index (χ1) is 6.86. The van der Waals surface area contributed by atoms with Crippen LogP contribution in [-0.4, -0.2) is 20.2 Å². The third-order valence-electron chi connectivity index (χ3n) is 1.82. The molecule has 74 valence electrons. The Labute approximate surface area is 84.3 Å². The number of nitrogens with one attached hydrogen (secondary N) is 1. The molecular weight excluding hydrogens is 176 g/mol. The zero-order valence-corrected chi connectivity index (χ0v) is 8.29. The van der Waals surface area contributed by atoms with Gasteiger partial charge in [0.2, 0.25) is 0 Å². The van der Waals surface area contributed by atoms with Crippen LogP contribution in [-0.2, 0) is 11.3 Å². The molecule has 1 aromatic rings. The van der Waals surface area contributed by atoms with Crippen LogP contribution in [0.3, 0.4) is 0 Å². The summed E-state index contributed by atoms with van der Waals surface area (Å²) in [6.07, 6.45) is 0. The van der Waals surface area contributed by atoms with Crippen molar-refractivity contribution in [3.63, 3.8) is 0 Å². The van der Waals surface area contributed by atoms with Gasteiger partial charge in [0.05, 0.1) is 24.8 Å². The Hall–Kier alpha value is -1.37. The minimum atomic E-state index is 0.567. The van der Waals surface area contributed by atoms with Crippen molar-refractivity contribution in [1.29, 1.82) is 5.26 Å². The molecule has 1 rings (SSSR count). The molecule has 0 aliphatic heterocycles. The van der Waals surface area contributed by atoms with Crippen molar-refractivity contribution in [2.75, 3.05) is 20.2 Å². The fraction of sp³-hybridized carbons (Fsp3) is 0.364. The van der Waals surface area contributed by atoms with Gasteiger partial charge in [0, 0.05) is 6.54 Å². The van der Waals surface area contributed by atoms with Crippen LogP contribution < -0.4 is 5.32 Å². The van der Waals surface area contributed by atoms with E-state index in [4.69, 9.17) is 10.00 Å². The number of benzene rings is 1. The highest BCUT2D eigenvalue weighted by molar-refractivity contribution is 5.32. The van der Waals surface area contributed by atoms with E-state index < -0.39 is 0 Å². The fourth-order valence-corrected chi connectivity index (χ4v) is 1.09. The third-order valence-corrected chi connectivity index (χ3v) is 1.82. The highest BCUT2D eigenvalue weighted by atomic mass is 16.5. The molecular formula is C11H14N2O. The summed E-state index contributed by atoms with van der Waals surface area (Å²) >= 11 is 0. The van der Waals surface area contributed by atoms with E-state index in [2.05, 4.69) is 11.4 Å². The monoisotopic (exact) mass is 190 g/mol. The number of hydrogen-bond donors (Lipinski definition) is 1. The van der Waals surface area contributed by atoms with Gasteiger partial charge in [-0.05, 0) is 24.7 Å². The Kier molecular flexibility index (Phi) is 4.70. The zero-order valence-electron chi connectivity index (χ0n) is 8.29. The second-order valence-corrected chi connectivity index (χ2v) is 2.97. The number of hydrogen-bond acceptors (Lipinski definition) is 3. The van der Waals surface area contributed by atoms with Gasteiger partial charge in [0.1, 0.15) is 0 Å². The molecule has 0 fully saturated rings. The second kappa shape index (κ2) is 6.14. The van der Waals surface area contributed by atoms with E-state index >= 15 is 0 Å². The van der Waals surface area contributed by atoms with E-state index in [0.717, 1.165) is 12.1 Å². The molecule has 1 aromatic carbocycles. The summed E-state index contributed by atoms with van der Waals surface area (Å²) in [6, 6.07) is 9.57. The molecule has 0 heterocycles. The van der Waals surface area contributed by atoms with Gasteiger partial charge in [-0.25, -0.2) is 0 Å². The lowest BCUT2D eigenvalue weighted by Gasteiger charge is -2.03. The van der Waals surface area contributed by atoms with E-state index in [-0.39, 0.29) is 0 Å². The Bertz CT molecular complexity index is 317. The van der Waals surface area contributed by atoms with Crippen LogP contribution in [0.5, 0.6) is 0 Å². The van der Waals surface area contributed by atoms with Crippen LogP contribution >= 0.6 is 0 Å². The maximum atomic E-state index is 8.67. The van der Waals surface area contributed by atoms with Crippen molar-refractivity contribution in [3.8, 4) is 6.07 Å². The molecule has 1 N–H and O–H groups in total. The minimum absolute atomic E-state index is 0.567. The van der Waals surface area contributed by atoms with E-state index in [0.29, 0.717) is 18.8 Å². The predicted octanol–water partition coefficient (Wildman–Crippen LogP) is 1.29. The molecule has 0 amide bonds. The second-order valence-electron chi connectivity index (χ2n) is 2.97. The molecule has 0 radical (unpaired) electrons. The lowest BCUT2D eigenvalue weighted by molar-refractivity contribution is 0.124. The Morgan fingerprint density at radius 3 is 3.07 bits per heavy atom. The van der Waals surface area contributed by atoms with Crippen LogP contribution in [0.2, 0.25) is 0 Å². The normalized spacial score (nSPS) is 9.71. The molecule has 0 aliphatic rings. The van der Waals surface area contributed by atoms with Crippen molar-refractivity contribution < 1.29 is 4.74 Å². The van der Waals surface area contributed by atoms with Crippen molar-refractivity contribution in [2.45, 2.75) is 6.61 Å². The molecule has 0 aromatic heterocycles. The minimum Gasteiger partial charge on any atom is -0.375 e. The van der Waals surface area contributed by atoms with E-state index in [1.807, 2.05) is 25.2 Å². The van der Waals surface area contributed by atoms with Gasteiger partial charge < -0.3 is 10.1 Å². The molecule has 0 bridgehead atoms. The highest BCUT2D eigenvalue weighted by Crippen LogP contribution is 2.05. The Morgan fingerprint density at radius 1 is 1.50 bits per heavy atom. The topological polar surface area (TPSA) is 45.0 Å². The molecule has 0 aliphatic carbocycles. The van der Waals surface area contributed by atoms with Gasteiger partial charge in [-0.3, -0.25) is 0 Å². The molecule has 0 unspecified atom stereocenters. The quantitative estimate of drug-likeness (QED) is 0.712. The summed E-state index contributed by atoms with van der Waals surface area (Å²) < 4.78 is 5.39. The maximum Gasteiger partial charge on any atom is 0.0991 e. The predicted molar refractivity (Wildman–Crippen MR) is 54.7 cm³/mol. The fourth-order valence-electron chi connectivity index (χ4n) is 1.09. The summed E-state index contributed by atoms with van der Waals surface area (Å²) in [6.45, 7) is 2.10. The summed E-state index contributed by atoms with van der Waals surface area (Å²) in [5.41, 5.74) is 1.72. The maximum absolute atomic E-state index is 8.67. The number of rotatable bonds is 5. The van der Waals surface area contributed by atoms with Gasteiger partial charge in [0.25, 0.3) is 0 Å². The van der Waals surface area contributed by atoms with Crippen LogP contribution in [0.25, 0.3) is 0 Å². The molecule has 0 saturated heterocycles. The van der Waals surface area contributed by atoms with Crippen LogP contribution in [0.1, 0.15) is 11.1 Å². The van der Waals surface area contributed by atoms with E-state index in [9.17, 15) is 0 Å². The molecule has 0 spiro atoms. The van der Waals surface area contributed by atoms with Crippen LogP contribution in [0.4, 0.5) is 0 Å². The lowest BCUT2D eigenvalue weighted by Crippen LogP contribution is -2.13. The average Bonchev–Trinajstić information content (AvgIpc) is 2.25. The summed E-state index contributed by atoms with van der Waals surface area (Å²) in [5, 5.41) is 11.7. The standard InChI is InChI=1S/C11H14N2O/c1-13-5-6-14-9-11-4-2-3-10(7-11)8-12/h2-4,7,13H,5-6,9H2,1H3. The highest BCUT2D eigenvalue weighted by Gasteiger charge is 1.94. The first-order valence-electron chi connectivity index (χ1n) is 4.58. The van der Waals surface area contributed by atoms with Crippen molar-refractivity contribution in [1.82, 2.24) is 5.32 Å². The summed E-state index contributed by atoms with van der Waals surface area (Å²) in [7, 11) is 1.89. The van der Waals surface area contributed by atoms with Crippen LogP contribution in [0.15, 0.2) is 24.3 Å². The average molecular weight is 190 g/mol. The number of nitriles is 1. The molecule has 0 saturated carbocycles. The van der Waals surface area contributed by atoms with E-state index in [1.165, 1.54) is 0 Å². The van der Waals surface area contributed by atoms with Gasteiger partial charge in [0.15, 0.2) is 0 Å². The Morgan fingerprint density at radius 2 is 2.36 bits per heavy atom. The third kappa shape index (κ3) is 3.56. The lowest BCUT2D eigenvalue weighted by atomic mass is 10.1. The van der Waals surface area contributed by atoms with E-state index in [1.54, 1.807) is 6.07 Å². The van der Waals surface area contributed by atoms with Crippen LogP contribution in [0, 0.1) is 11.3 Å². The van der Waals surface area contributed by atoms with Crippen molar-refractivity contribution in [2.24, 2.45) is 0 Å². The summed E-state index contributed by atoms with van der Waals surface area (Å²) in [4.78, 5) is 0. The molecule has 3 nitrogen and oxygen atoms in total. The van der Waals surface area contributed by atoms with Gasteiger partial charge in [-0.2, -0.15) is 5.26 Å². The van der Waals surface area contributed by atoms with Crippen molar-refractivity contribution >= 4 is 0 Å². The number of nitrogens with zero attached hydrogens (tertiary/aromatic N) is 1. The smallest absolute Gasteiger partial charge is 0.0991 e. The largest absolute Gasteiger partial charge is 0.375 e. The first-order valence-corrected chi connectivity index (χ1v) is 4.58. The first kappa shape index (κ1) is 10.7. The number of likely N-dealkylation sites (N-methyl/N-ethyl adjacent to an activating group) is 1. The van der Waals surface area contributed by atoms with Gasteiger partial charge in [-0.1, -0.05) is 12.1 Å². The SMILES string of the molecule is CNCCOCc1cccc(C#N)c1. The van der Waals surface area contributed by atoms with Crippen molar-refractivity contribution in [3.05, 3.63) is 35.4 Å². The van der Waals surface area contributed by atoms with Gasteiger partial charge >= 0.3 is 0 Å². The Balaban J connectivity index is 2.39. The zero-order chi connectivity index (χ0) is 10.2. The molecule has 3 heteroatoms. The van der Waals surface area contributed by atoms with Gasteiger partial charge in [-0.15, -0.1) is 0 Å². The number of ether oxygens (including phenoxy) is 1. The molecule has 14 heavy (non-hydrogen) atoms. The molecule has 0 atom stereocenters.